The number of nitrogens with zero attached hydrogens (tertiary/aromatic N) is 2. The summed E-state index contributed by atoms with van der Waals surface area (Å²) < 4.78 is 1.79. The topological polar surface area (TPSA) is 72.2 Å². The number of carbonyl (C=O) groups is 2. The average molecular weight is 302 g/mol. The number of fused-ring (bicyclic) bond motifs is 1. The summed E-state index contributed by atoms with van der Waals surface area (Å²) in [7, 11) is 0. The van der Waals surface area contributed by atoms with Crippen LogP contribution in [-0.2, 0) is 10.2 Å². The summed E-state index contributed by atoms with van der Waals surface area (Å²) in [6.45, 7) is 9.37. The van der Waals surface area contributed by atoms with Crippen LogP contribution < -0.4 is 0 Å². The largest absolute Gasteiger partial charge is 0.480 e. The van der Waals surface area contributed by atoms with Crippen molar-refractivity contribution in [3.05, 3.63) is 29.6 Å². The van der Waals surface area contributed by atoms with E-state index in [1.807, 2.05) is 27.7 Å². The van der Waals surface area contributed by atoms with Gasteiger partial charge in [0.15, 0.2) is 5.78 Å². The second kappa shape index (κ2) is 5.55. The van der Waals surface area contributed by atoms with Crippen LogP contribution in [0.4, 0.5) is 0 Å². The molecule has 0 radical (unpaired) electrons. The molecule has 0 fully saturated rings. The number of ketones is 1. The molecule has 5 nitrogen and oxygen atoms in total. The number of aliphatic carboxylic acids is 1. The number of benzene rings is 1. The van der Waals surface area contributed by atoms with E-state index in [-0.39, 0.29) is 11.2 Å². The third-order valence-corrected chi connectivity index (χ3v) is 3.75. The molecule has 1 heterocycles. The van der Waals surface area contributed by atoms with E-state index in [1.54, 1.807) is 22.8 Å². The minimum atomic E-state index is -0.872. The van der Waals surface area contributed by atoms with Crippen molar-refractivity contribution >= 4 is 22.8 Å². The number of carboxylic acid groups (broad SMARTS) is 1. The van der Waals surface area contributed by atoms with Gasteiger partial charge in [0.25, 0.3) is 0 Å². The van der Waals surface area contributed by atoms with Gasteiger partial charge >= 0.3 is 5.97 Å². The fourth-order valence-electron chi connectivity index (χ4n) is 2.63. The van der Waals surface area contributed by atoms with Gasteiger partial charge in [-0.15, -0.1) is 0 Å². The minimum Gasteiger partial charge on any atom is -0.480 e. The number of carbonyl (C=O) groups excluding carboxylic acids is 1. The molecule has 1 N–H and O–H groups in total. The Morgan fingerprint density at radius 1 is 1.32 bits per heavy atom. The molecule has 0 spiro atoms. The molecule has 0 amide bonds. The van der Waals surface area contributed by atoms with Crippen LogP contribution in [0.3, 0.4) is 0 Å². The van der Waals surface area contributed by atoms with Gasteiger partial charge in [0.05, 0.1) is 11.0 Å². The Morgan fingerprint density at radius 2 is 1.95 bits per heavy atom. The lowest BCUT2D eigenvalue weighted by atomic mass is 9.95. The summed E-state index contributed by atoms with van der Waals surface area (Å²) in [6.07, 6.45) is 0.471. The fourth-order valence-corrected chi connectivity index (χ4v) is 2.63. The van der Waals surface area contributed by atoms with E-state index in [0.717, 1.165) is 11.3 Å². The third kappa shape index (κ3) is 2.75. The van der Waals surface area contributed by atoms with Crippen molar-refractivity contribution in [2.75, 3.05) is 0 Å². The molecule has 1 aromatic carbocycles. The smallest absolute Gasteiger partial charge is 0.326 e. The first-order chi connectivity index (χ1) is 10.2. The zero-order chi connectivity index (χ0) is 16.7. The van der Waals surface area contributed by atoms with Crippen molar-refractivity contribution in [1.29, 1.82) is 0 Å². The van der Waals surface area contributed by atoms with E-state index >= 15 is 0 Å². The lowest BCUT2D eigenvalue weighted by Crippen LogP contribution is -2.26. The molecule has 1 unspecified atom stereocenters. The molecule has 0 bridgehead atoms. The molecule has 1 atom stereocenters. The van der Waals surface area contributed by atoms with Gasteiger partial charge in [-0.3, -0.25) is 4.79 Å². The Bertz CT molecular complexity index is 738. The van der Waals surface area contributed by atoms with E-state index in [2.05, 4.69) is 4.98 Å². The maximum Gasteiger partial charge on any atom is 0.326 e. The number of Topliss-reactive ketones (excluding diaryl/α,β-unsaturated/α-hetero) is 1. The van der Waals surface area contributed by atoms with E-state index in [9.17, 15) is 14.7 Å². The minimum absolute atomic E-state index is 0.0287. The van der Waals surface area contributed by atoms with Crippen LogP contribution in [-0.4, -0.2) is 26.4 Å². The van der Waals surface area contributed by atoms with Crippen LogP contribution in [0, 0.1) is 0 Å². The monoisotopic (exact) mass is 302 g/mol. The summed E-state index contributed by atoms with van der Waals surface area (Å²) in [4.78, 5) is 27.8. The third-order valence-electron chi connectivity index (χ3n) is 3.75. The standard InChI is InChI=1S/C17H22N2O3/c1-6-13(15(21)22)19-14-8-7-11(10(2)20)9-12(14)18-16(19)17(3,4)5/h7-9,13H,6H2,1-5H3,(H,21,22). The number of hydrogen-bond donors (Lipinski definition) is 1. The molecule has 0 aliphatic heterocycles. The Hall–Kier alpha value is -2.17. The van der Waals surface area contributed by atoms with Crippen molar-refractivity contribution in [3.8, 4) is 0 Å². The molecule has 5 heteroatoms. The highest BCUT2D eigenvalue weighted by Gasteiger charge is 2.29. The first-order valence-corrected chi connectivity index (χ1v) is 7.43. The number of imidazole rings is 1. The van der Waals surface area contributed by atoms with E-state index < -0.39 is 12.0 Å². The van der Waals surface area contributed by atoms with Gasteiger partial charge in [0, 0.05) is 11.0 Å². The Morgan fingerprint density at radius 3 is 2.41 bits per heavy atom. The fraction of sp³-hybridized carbons (Fsp3) is 0.471. The highest BCUT2D eigenvalue weighted by atomic mass is 16.4. The number of aromatic nitrogens is 2. The lowest BCUT2D eigenvalue weighted by molar-refractivity contribution is -0.141. The second-order valence-corrected chi connectivity index (χ2v) is 6.58. The van der Waals surface area contributed by atoms with Gasteiger partial charge < -0.3 is 9.67 Å². The predicted molar refractivity (Wildman–Crippen MR) is 85.4 cm³/mol. The van der Waals surface area contributed by atoms with Crippen molar-refractivity contribution in [1.82, 2.24) is 9.55 Å². The number of carboxylic acids is 1. The van der Waals surface area contributed by atoms with Crippen LogP contribution in [0.2, 0.25) is 0 Å². The number of rotatable bonds is 4. The highest BCUT2D eigenvalue weighted by molar-refractivity contribution is 5.97. The molecule has 2 aromatic rings. The van der Waals surface area contributed by atoms with Crippen molar-refractivity contribution in [2.24, 2.45) is 0 Å². The molecule has 0 aliphatic carbocycles. The van der Waals surface area contributed by atoms with Crippen LogP contribution in [0.25, 0.3) is 11.0 Å². The van der Waals surface area contributed by atoms with E-state index in [4.69, 9.17) is 0 Å². The van der Waals surface area contributed by atoms with Gasteiger partial charge in [-0.25, -0.2) is 9.78 Å². The molecule has 0 saturated heterocycles. The summed E-state index contributed by atoms with van der Waals surface area (Å²) in [6, 6.07) is 4.59. The van der Waals surface area contributed by atoms with Crippen molar-refractivity contribution in [2.45, 2.75) is 52.5 Å². The zero-order valence-corrected chi connectivity index (χ0v) is 13.7. The molecule has 1 aromatic heterocycles. The zero-order valence-electron chi connectivity index (χ0n) is 13.7. The van der Waals surface area contributed by atoms with Crippen molar-refractivity contribution in [3.63, 3.8) is 0 Å². The van der Waals surface area contributed by atoms with Crippen LogP contribution in [0.5, 0.6) is 0 Å². The molecular weight excluding hydrogens is 280 g/mol. The van der Waals surface area contributed by atoms with Crippen LogP contribution >= 0.6 is 0 Å². The highest BCUT2D eigenvalue weighted by Crippen LogP contribution is 2.31. The first kappa shape index (κ1) is 16.2. The maximum absolute atomic E-state index is 11.6. The predicted octanol–water partition coefficient (Wildman–Crippen LogP) is 3.57. The maximum atomic E-state index is 11.6. The summed E-state index contributed by atoms with van der Waals surface area (Å²) >= 11 is 0. The van der Waals surface area contributed by atoms with Gasteiger partial charge in [-0.2, -0.15) is 0 Å². The normalized spacial score (nSPS) is 13.3. The summed E-state index contributed by atoms with van der Waals surface area (Å²) in [5.74, 6) is -0.181. The van der Waals surface area contributed by atoms with Gasteiger partial charge in [0.1, 0.15) is 11.9 Å². The van der Waals surface area contributed by atoms with Gasteiger partial charge in [0.2, 0.25) is 0 Å². The molecule has 0 aliphatic rings. The average Bonchev–Trinajstić information content (AvgIpc) is 2.78. The van der Waals surface area contributed by atoms with Crippen LogP contribution in [0.15, 0.2) is 18.2 Å². The molecule has 22 heavy (non-hydrogen) atoms. The lowest BCUT2D eigenvalue weighted by Gasteiger charge is -2.23. The number of hydrogen-bond acceptors (Lipinski definition) is 3. The van der Waals surface area contributed by atoms with Gasteiger partial charge in [-0.1, -0.05) is 27.7 Å². The Balaban J connectivity index is 2.80. The van der Waals surface area contributed by atoms with E-state index in [0.29, 0.717) is 17.5 Å². The quantitative estimate of drug-likeness (QED) is 0.876. The molecule has 118 valence electrons. The van der Waals surface area contributed by atoms with Crippen molar-refractivity contribution < 1.29 is 14.7 Å². The SMILES string of the molecule is CCC(C(=O)O)n1c(C(C)(C)C)nc2cc(C(C)=O)ccc21. The first-order valence-electron chi connectivity index (χ1n) is 7.43. The Kier molecular flexibility index (Phi) is 4.09. The van der Waals surface area contributed by atoms with Crippen LogP contribution in [0.1, 0.15) is 63.3 Å². The molecular formula is C17H22N2O3. The second-order valence-electron chi connectivity index (χ2n) is 6.58. The van der Waals surface area contributed by atoms with Gasteiger partial charge in [-0.05, 0) is 31.5 Å². The van der Waals surface area contributed by atoms with E-state index in [1.165, 1.54) is 6.92 Å². The Labute approximate surface area is 130 Å². The summed E-state index contributed by atoms with van der Waals surface area (Å²) in [5, 5.41) is 9.53. The summed E-state index contributed by atoms with van der Waals surface area (Å²) in [5.41, 5.74) is 1.71. The molecule has 2 rings (SSSR count). The molecule has 0 saturated carbocycles.